The molecule has 3 unspecified atom stereocenters. The lowest BCUT2D eigenvalue weighted by Gasteiger charge is -2.21. The second-order valence-electron chi connectivity index (χ2n) is 8.02. The van der Waals surface area contributed by atoms with E-state index in [4.69, 9.17) is 9.47 Å². The van der Waals surface area contributed by atoms with Gasteiger partial charge in [-0.25, -0.2) is 4.98 Å². The number of carbonyl (C=O) groups excluding carboxylic acids is 1. The predicted molar refractivity (Wildman–Crippen MR) is 115 cm³/mol. The van der Waals surface area contributed by atoms with Gasteiger partial charge in [-0.3, -0.25) is 4.79 Å². The number of halogens is 3. The van der Waals surface area contributed by atoms with E-state index < -0.39 is 29.6 Å². The molecule has 6 nitrogen and oxygen atoms in total. The van der Waals surface area contributed by atoms with Crippen LogP contribution in [-0.4, -0.2) is 29.7 Å². The molecule has 3 aromatic rings. The number of nitrogens with one attached hydrogen (secondary N) is 1. The van der Waals surface area contributed by atoms with Gasteiger partial charge in [0, 0.05) is 31.4 Å². The van der Waals surface area contributed by atoms with Gasteiger partial charge in [-0.2, -0.15) is 13.2 Å². The molecule has 1 N–H and O–H groups in total. The topological polar surface area (TPSA) is 65.4 Å². The number of aryl methyl sites for hydroxylation is 1. The van der Waals surface area contributed by atoms with Gasteiger partial charge in [0.25, 0.3) is 0 Å². The summed E-state index contributed by atoms with van der Waals surface area (Å²) in [5, 5.41) is 2.98. The highest BCUT2D eigenvalue weighted by atomic mass is 19.4. The van der Waals surface area contributed by atoms with E-state index >= 15 is 0 Å². The van der Waals surface area contributed by atoms with E-state index in [1.807, 2.05) is 0 Å². The van der Waals surface area contributed by atoms with E-state index in [0.717, 1.165) is 6.07 Å². The monoisotopic (exact) mass is 459 g/mol. The van der Waals surface area contributed by atoms with E-state index in [1.165, 1.54) is 26.4 Å². The van der Waals surface area contributed by atoms with Crippen LogP contribution >= 0.6 is 0 Å². The maximum absolute atomic E-state index is 13.4. The van der Waals surface area contributed by atoms with Gasteiger partial charge in [0.05, 0.1) is 19.8 Å². The number of carbonyl (C=O) groups is 1. The zero-order chi connectivity index (χ0) is 23.8. The van der Waals surface area contributed by atoms with Crippen LogP contribution in [0.1, 0.15) is 40.9 Å². The molecular formula is C24H24F3N3O3. The second kappa shape index (κ2) is 8.80. The largest absolute Gasteiger partial charge is 0.497 e. The fourth-order valence-electron chi connectivity index (χ4n) is 4.10. The van der Waals surface area contributed by atoms with Crippen molar-refractivity contribution in [1.82, 2.24) is 14.9 Å². The molecule has 9 heteroatoms. The average molecular weight is 459 g/mol. The fraction of sp³-hybridized carbons (Fsp3) is 0.333. The predicted octanol–water partition coefficient (Wildman–Crippen LogP) is 4.47. The molecule has 0 bridgehead atoms. The van der Waals surface area contributed by atoms with Gasteiger partial charge in [0.15, 0.2) is 0 Å². The fourth-order valence-corrected chi connectivity index (χ4v) is 4.10. The van der Waals surface area contributed by atoms with Crippen LogP contribution in [-0.2, 0) is 18.0 Å². The molecule has 1 aliphatic carbocycles. The number of aromatic nitrogens is 2. The zero-order valence-electron chi connectivity index (χ0n) is 18.4. The number of rotatable bonds is 7. The van der Waals surface area contributed by atoms with Gasteiger partial charge in [0.1, 0.15) is 23.4 Å². The molecule has 2 aromatic carbocycles. The molecule has 0 saturated heterocycles. The van der Waals surface area contributed by atoms with E-state index in [0.29, 0.717) is 29.3 Å². The molecule has 1 fully saturated rings. The third kappa shape index (κ3) is 4.67. The summed E-state index contributed by atoms with van der Waals surface area (Å²) >= 11 is 0. The first-order valence-corrected chi connectivity index (χ1v) is 10.4. The van der Waals surface area contributed by atoms with Crippen molar-refractivity contribution in [3.63, 3.8) is 0 Å². The van der Waals surface area contributed by atoms with Crippen LogP contribution in [0, 0.1) is 5.92 Å². The Morgan fingerprint density at radius 1 is 1.15 bits per heavy atom. The smallest absolute Gasteiger partial charge is 0.416 e. The summed E-state index contributed by atoms with van der Waals surface area (Å²) in [6, 6.07) is 10.0. The molecular weight excluding hydrogens is 435 g/mol. The third-order valence-corrected chi connectivity index (χ3v) is 5.90. The van der Waals surface area contributed by atoms with Crippen molar-refractivity contribution in [3.05, 3.63) is 77.4 Å². The minimum Gasteiger partial charge on any atom is -0.497 e. The van der Waals surface area contributed by atoms with Crippen molar-refractivity contribution in [1.29, 1.82) is 0 Å². The van der Waals surface area contributed by atoms with Crippen LogP contribution in [0.2, 0.25) is 0 Å². The summed E-state index contributed by atoms with van der Waals surface area (Å²) in [6.45, 7) is 0. The van der Waals surface area contributed by atoms with Crippen molar-refractivity contribution < 1.29 is 27.4 Å². The van der Waals surface area contributed by atoms with Gasteiger partial charge in [0.2, 0.25) is 5.91 Å². The van der Waals surface area contributed by atoms with Crippen LogP contribution in [0.3, 0.4) is 0 Å². The number of alkyl halides is 3. The highest BCUT2D eigenvalue weighted by Crippen LogP contribution is 2.51. The standard InChI is InChI=1S/C24H24F3N3O3/c1-30-9-8-28-22(30)21(14-10-15(32-2)12-16(11-14)33-3)29-23(31)19-13-18(19)17-6-4-5-7-20(17)24(25,26)27/h4-12,18-19,21H,13H2,1-3H3,(H,29,31). The van der Waals surface area contributed by atoms with E-state index in [1.54, 1.807) is 48.3 Å². The lowest BCUT2D eigenvalue weighted by Crippen LogP contribution is -2.32. The Morgan fingerprint density at radius 3 is 2.39 bits per heavy atom. The lowest BCUT2D eigenvalue weighted by molar-refractivity contribution is -0.138. The molecule has 4 rings (SSSR count). The van der Waals surface area contributed by atoms with Crippen molar-refractivity contribution in [2.24, 2.45) is 13.0 Å². The van der Waals surface area contributed by atoms with E-state index in [-0.39, 0.29) is 11.5 Å². The van der Waals surface area contributed by atoms with Crippen LogP contribution in [0.25, 0.3) is 0 Å². The summed E-state index contributed by atoms with van der Waals surface area (Å²) < 4.78 is 52.8. The van der Waals surface area contributed by atoms with Crippen molar-refractivity contribution in [2.45, 2.75) is 24.6 Å². The molecule has 0 aliphatic heterocycles. The number of methoxy groups -OCH3 is 2. The van der Waals surface area contributed by atoms with Crippen molar-refractivity contribution >= 4 is 5.91 Å². The molecule has 1 amide bonds. The number of amides is 1. The molecule has 1 aromatic heterocycles. The molecule has 1 aliphatic rings. The van der Waals surface area contributed by atoms with E-state index in [9.17, 15) is 18.0 Å². The normalized spacial score (nSPS) is 18.5. The Morgan fingerprint density at radius 2 is 1.82 bits per heavy atom. The molecule has 174 valence electrons. The first kappa shape index (κ1) is 22.7. The van der Waals surface area contributed by atoms with Crippen LogP contribution in [0.4, 0.5) is 13.2 Å². The Labute approximate surface area is 189 Å². The molecule has 33 heavy (non-hydrogen) atoms. The maximum atomic E-state index is 13.4. The average Bonchev–Trinajstić information content (AvgIpc) is 3.50. The Balaban J connectivity index is 1.62. The summed E-state index contributed by atoms with van der Waals surface area (Å²) in [6.07, 6.45) is -0.739. The maximum Gasteiger partial charge on any atom is 0.416 e. The summed E-state index contributed by atoms with van der Waals surface area (Å²) in [5.74, 6) is 0.300. The number of imidazole rings is 1. The molecule has 3 atom stereocenters. The Kier molecular flexibility index (Phi) is 6.05. The van der Waals surface area contributed by atoms with E-state index in [2.05, 4.69) is 10.3 Å². The zero-order valence-corrected chi connectivity index (χ0v) is 18.4. The molecule has 0 radical (unpaired) electrons. The summed E-state index contributed by atoms with van der Waals surface area (Å²) in [4.78, 5) is 17.5. The van der Waals surface area contributed by atoms with Crippen LogP contribution < -0.4 is 14.8 Å². The number of nitrogens with zero attached hydrogens (tertiary/aromatic N) is 2. The molecule has 0 spiro atoms. The number of hydrogen-bond acceptors (Lipinski definition) is 4. The Bertz CT molecular complexity index is 1140. The highest BCUT2D eigenvalue weighted by Gasteiger charge is 2.48. The van der Waals surface area contributed by atoms with Gasteiger partial charge in [-0.1, -0.05) is 18.2 Å². The minimum absolute atomic E-state index is 0.154. The van der Waals surface area contributed by atoms with Gasteiger partial charge in [-0.05, 0) is 41.7 Å². The second-order valence-corrected chi connectivity index (χ2v) is 8.02. The number of benzene rings is 2. The van der Waals surface area contributed by atoms with Gasteiger partial charge in [-0.15, -0.1) is 0 Å². The first-order valence-electron chi connectivity index (χ1n) is 10.4. The molecule has 1 heterocycles. The van der Waals surface area contributed by atoms with Crippen LogP contribution in [0.15, 0.2) is 54.9 Å². The lowest BCUT2D eigenvalue weighted by atomic mass is 10.0. The summed E-state index contributed by atoms with van der Waals surface area (Å²) in [5.41, 5.74) is 0.145. The highest BCUT2D eigenvalue weighted by molar-refractivity contribution is 5.83. The van der Waals surface area contributed by atoms with Crippen molar-refractivity contribution in [2.75, 3.05) is 14.2 Å². The van der Waals surface area contributed by atoms with Crippen molar-refractivity contribution in [3.8, 4) is 11.5 Å². The summed E-state index contributed by atoms with van der Waals surface area (Å²) in [7, 11) is 4.86. The van der Waals surface area contributed by atoms with Gasteiger partial charge < -0.3 is 19.4 Å². The molecule has 1 saturated carbocycles. The minimum atomic E-state index is -4.47. The Hall–Kier alpha value is -3.49. The van der Waals surface area contributed by atoms with Gasteiger partial charge >= 0.3 is 6.18 Å². The first-order chi connectivity index (χ1) is 15.7. The van der Waals surface area contributed by atoms with Crippen LogP contribution in [0.5, 0.6) is 11.5 Å². The third-order valence-electron chi connectivity index (χ3n) is 5.90. The SMILES string of the molecule is COc1cc(OC)cc(C(NC(=O)C2CC2c2ccccc2C(F)(F)F)c2nccn2C)c1. The quantitative estimate of drug-likeness (QED) is 0.567. The number of ether oxygens (including phenoxy) is 2. The number of hydrogen-bond donors (Lipinski definition) is 1.